The molecule has 2 aromatic carbocycles. The number of nitrogens with zero attached hydrogens (tertiary/aromatic N) is 5. The molecule has 1 amide bonds. The molecular formula is C27H29N5O. The molecule has 0 spiro atoms. The summed E-state index contributed by atoms with van der Waals surface area (Å²) in [6.45, 7) is 5.01. The van der Waals surface area contributed by atoms with Crippen LogP contribution in [0.4, 0.5) is 5.82 Å². The molecule has 0 N–H and O–H groups in total. The third-order valence-electron chi connectivity index (χ3n) is 7.15. The second-order valence-corrected chi connectivity index (χ2v) is 9.35. The van der Waals surface area contributed by atoms with Crippen LogP contribution < -0.4 is 4.90 Å². The third kappa shape index (κ3) is 3.54. The molecule has 6 heteroatoms. The molecule has 0 aliphatic carbocycles. The minimum atomic E-state index is -0.0255. The predicted molar refractivity (Wildman–Crippen MR) is 131 cm³/mol. The van der Waals surface area contributed by atoms with Gasteiger partial charge in [-0.15, -0.1) is 0 Å². The fourth-order valence-electron chi connectivity index (χ4n) is 5.48. The summed E-state index contributed by atoms with van der Waals surface area (Å²) in [5.74, 6) is 1.16. The lowest BCUT2D eigenvalue weighted by atomic mass is 9.96. The van der Waals surface area contributed by atoms with Gasteiger partial charge in [-0.1, -0.05) is 36.4 Å². The van der Waals surface area contributed by atoms with E-state index in [1.807, 2.05) is 39.7 Å². The molecule has 0 saturated carbocycles. The zero-order valence-electron chi connectivity index (χ0n) is 19.1. The Morgan fingerprint density at radius 3 is 2.64 bits per heavy atom. The maximum atomic E-state index is 13.8. The maximum Gasteiger partial charge on any atom is 0.255 e. The molecule has 1 atom stereocenters. The van der Waals surface area contributed by atoms with Crippen LogP contribution in [0.3, 0.4) is 0 Å². The summed E-state index contributed by atoms with van der Waals surface area (Å²) in [5.41, 5.74) is 3.72. The van der Waals surface area contributed by atoms with E-state index in [4.69, 9.17) is 10.1 Å². The van der Waals surface area contributed by atoms with E-state index >= 15 is 0 Å². The normalized spacial score (nSPS) is 19.0. The Hall–Kier alpha value is -3.41. The molecular weight excluding hydrogens is 410 g/mol. The average Bonchev–Trinajstić information content (AvgIpc) is 3.52. The van der Waals surface area contributed by atoms with Gasteiger partial charge in [0.15, 0.2) is 5.65 Å². The minimum absolute atomic E-state index is 0.0255. The van der Waals surface area contributed by atoms with Crippen LogP contribution in [-0.2, 0) is 0 Å². The number of aryl methyl sites for hydroxylation is 1. The van der Waals surface area contributed by atoms with Gasteiger partial charge in [0.2, 0.25) is 0 Å². The lowest BCUT2D eigenvalue weighted by molar-refractivity contribution is 0.0608. The van der Waals surface area contributed by atoms with E-state index in [2.05, 4.69) is 36.2 Å². The van der Waals surface area contributed by atoms with Crippen LogP contribution in [0.25, 0.3) is 16.4 Å². The highest BCUT2D eigenvalue weighted by molar-refractivity contribution is 6.07. The zero-order valence-corrected chi connectivity index (χ0v) is 19.1. The number of anilines is 1. The molecule has 2 saturated heterocycles. The topological polar surface area (TPSA) is 53.7 Å². The lowest BCUT2D eigenvalue weighted by Gasteiger charge is -2.35. The first-order valence-corrected chi connectivity index (χ1v) is 12.1. The number of amides is 1. The van der Waals surface area contributed by atoms with Gasteiger partial charge in [-0.3, -0.25) is 4.79 Å². The van der Waals surface area contributed by atoms with E-state index < -0.39 is 0 Å². The fraction of sp³-hybridized carbons (Fsp3) is 0.370. The Balaban J connectivity index is 1.37. The van der Waals surface area contributed by atoms with Crippen molar-refractivity contribution in [2.24, 2.45) is 0 Å². The average molecular weight is 440 g/mol. The van der Waals surface area contributed by atoms with Crippen molar-refractivity contribution in [3.8, 4) is 0 Å². The maximum absolute atomic E-state index is 13.8. The highest BCUT2D eigenvalue weighted by atomic mass is 16.2. The number of carbonyl (C=O) groups excluding carboxylic acids is 1. The Kier molecular flexibility index (Phi) is 5.01. The smallest absolute Gasteiger partial charge is 0.255 e. The summed E-state index contributed by atoms with van der Waals surface area (Å²) in [5, 5.41) is 7.00. The van der Waals surface area contributed by atoms with E-state index in [9.17, 15) is 4.79 Å². The summed E-state index contributed by atoms with van der Waals surface area (Å²) in [6.07, 6.45) is 7.59. The van der Waals surface area contributed by atoms with Crippen molar-refractivity contribution < 1.29 is 4.79 Å². The van der Waals surface area contributed by atoms with E-state index in [0.29, 0.717) is 0 Å². The number of hydrogen-bond donors (Lipinski definition) is 0. The number of rotatable bonds is 3. The van der Waals surface area contributed by atoms with Gasteiger partial charge in [-0.25, -0.2) is 9.50 Å². The Morgan fingerprint density at radius 1 is 0.970 bits per heavy atom. The van der Waals surface area contributed by atoms with Crippen molar-refractivity contribution in [2.75, 3.05) is 24.5 Å². The van der Waals surface area contributed by atoms with Crippen molar-refractivity contribution >= 4 is 28.1 Å². The summed E-state index contributed by atoms with van der Waals surface area (Å²) >= 11 is 0. The highest BCUT2D eigenvalue weighted by Crippen LogP contribution is 2.34. The molecule has 4 heterocycles. The fourth-order valence-corrected chi connectivity index (χ4v) is 5.48. The molecule has 6 rings (SSSR count). The molecule has 0 bridgehead atoms. The zero-order chi connectivity index (χ0) is 22.4. The van der Waals surface area contributed by atoms with E-state index in [0.717, 1.165) is 78.0 Å². The molecule has 2 aliphatic rings. The second-order valence-electron chi connectivity index (χ2n) is 9.35. The molecule has 168 valence electrons. The van der Waals surface area contributed by atoms with Gasteiger partial charge in [0.25, 0.3) is 5.91 Å². The Labute approximate surface area is 193 Å². The van der Waals surface area contributed by atoms with Gasteiger partial charge in [-0.05, 0) is 55.9 Å². The van der Waals surface area contributed by atoms with Crippen LogP contribution >= 0.6 is 0 Å². The van der Waals surface area contributed by atoms with Crippen LogP contribution in [0, 0.1) is 6.92 Å². The number of carbonyl (C=O) groups is 1. The lowest BCUT2D eigenvalue weighted by Crippen LogP contribution is -2.38. The number of hydrogen-bond acceptors (Lipinski definition) is 4. The number of benzene rings is 2. The van der Waals surface area contributed by atoms with Crippen molar-refractivity contribution in [1.82, 2.24) is 19.5 Å². The Morgan fingerprint density at radius 2 is 1.76 bits per heavy atom. The number of fused-ring (bicyclic) bond motifs is 2. The first kappa shape index (κ1) is 20.2. The van der Waals surface area contributed by atoms with Crippen LogP contribution in [0.1, 0.15) is 59.8 Å². The molecule has 4 aromatic rings. The van der Waals surface area contributed by atoms with Crippen LogP contribution in [-0.4, -0.2) is 45.0 Å². The molecule has 2 aromatic heterocycles. The predicted octanol–water partition coefficient (Wildman–Crippen LogP) is 5.16. The SMILES string of the molecule is Cc1cn2nc([C@@H]3CCCCN3C(=O)c3cccc4ccccc34)cc2nc1N1CCCC1. The number of piperidine rings is 1. The number of likely N-dealkylation sites (tertiary alicyclic amines) is 1. The Bertz CT molecular complexity index is 1330. The van der Waals surface area contributed by atoms with Gasteiger partial charge in [0.1, 0.15) is 5.82 Å². The molecule has 2 fully saturated rings. The summed E-state index contributed by atoms with van der Waals surface area (Å²) in [6, 6.07) is 16.2. The van der Waals surface area contributed by atoms with Gasteiger partial charge in [0.05, 0.1) is 11.7 Å². The third-order valence-corrected chi connectivity index (χ3v) is 7.15. The van der Waals surface area contributed by atoms with Crippen molar-refractivity contribution in [3.63, 3.8) is 0 Å². The molecule has 2 aliphatic heterocycles. The van der Waals surface area contributed by atoms with Crippen LogP contribution in [0.15, 0.2) is 54.7 Å². The summed E-state index contributed by atoms with van der Waals surface area (Å²) < 4.78 is 1.89. The summed E-state index contributed by atoms with van der Waals surface area (Å²) in [7, 11) is 0. The molecule has 0 radical (unpaired) electrons. The van der Waals surface area contributed by atoms with E-state index in [1.165, 1.54) is 12.8 Å². The number of aromatic nitrogens is 3. The van der Waals surface area contributed by atoms with Crippen molar-refractivity contribution in [3.05, 3.63) is 71.5 Å². The van der Waals surface area contributed by atoms with Gasteiger partial charge < -0.3 is 9.80 Å². The first-order chi connectivity index (χ1) is 16.2. The largest absolute Gasteiger partial charge is 0.356 e. The van der Waals surface area contributed by atoms with Gasteiger partial charge in [-0.2, -0.15) is 5.10 Å². The summed E-state index contributed by atoms with van der Waals surface area (Å²) in [4.78, 5) is 23.1. The van der Waals surface area contributed by atoms with Gasteiger partial charge >= 0.3 is 0 Å². The standard InChI is InChI=1S/C27H29N5O/c1-19-18-32-25(28-26(19)30-14-6-7-15-30)17-23(29-32)24-13-4-5-16-31(24)27(33)22-12-8-10-20-9-2-3-11-21(20)22/h2-3,8-12,17-18,24H,4-7,13-16H2,1H3/t24-/m0/s1. The first-order valence-electron chi connectivity index (χ1n) is 12.1. The van der Waals surface area contributed by atoms with Crippen LogP contribution in [0.5, 0.6) is 0 Å². The minimum Gasteiger partial charge on any atom is -0.356 e. The van der Waals surface area contributed by atoms with E-state index in [-0.39, 0.29) is 11.9 Å². The molecule has 33 heavy (non-hydrogen) atoms. The van der Waals surface area contributed by atoms with Crippen molar-refractivity contribution in [2.45, 2.75) is 45.1 Å². The molecule has 0 unspecified atom stereocenters. The van der Waals surface area contributed by atoms with Crippen molar-refractivity contribution in [1.29, 1.82) is 0 Å². The van der Waals surface area contributed by atoms with E-state index in [1.54, 1.807) is 0 Å². The highest BCUT2D eigenvalue weighted by Gasteiger charge is 2.31. The van der Waals surface area contributed by atoms with Crippen LogP contribution in [0.2, 0.25) is 0 Å². The van der Waals surface area contributed by atoms with Gasteiger partial charge in [0, 0.05) is 43.0 Å². The monoisotopic (exact) mass is 439 g/mol. The molecule has 6 nitrogen and oxygen atoms in total. The quantitative estimate of drug-likeness (QED) is 0.443. The second kappa shape index (κ2) is 8.18.